The molecule has 4 rings (SSSR count). The smallest absolute Gasteiger partial charge is 0.360 e. The van der Waals surface area contributed by atoms with Crippen molar-refractivity contribution < 1.29 is 18.7 Å². The van der Waals surface area contributed by atoms with Crippen LogP contribution in [-0.2, 0) is 16.1 Å². The monoisotopic (exact) mass is 417 g/mol. The lowest BCUT2D eigenvalue weighted by molar-refractivity contribution is -0.129. The largest absolute Gasteiger partial charge is 0.467 e. The van der Waals surface area contributed by atoms with Gasteiger partial charge in [0.05, 0.1) is 23.9 Å². The molecule has 31 heavy (non-hydrogen) atoms. The number of nitrogens with zero attached hydrogens (tertiary/aromatic N) is 2. The van der Waals surface area contributed by atoms with Gasteiger partial charge in [0.2, 0.25) is 0 Å². The molecule has 2 aromatic heterocycles. The molecule has 8 heteroatoms. The highest BCUT2D eigenvalue weighted by Gasteiger charge is 2.23. The van der Waals surface area contributed by atoms with E-state index in [2.05, 4.69) is 10.4 Å². The Morgan fingerprint density at radius 1 is 1.03 bits per heavy atom. The van der Waals surface area contributed by atoms with E-state index in [4.69, 9.17) is 9.15 Å². The van der Waals surface area contributed by atoms with Crippen LogP contribution in [0, 0.1) is 0 Å². The van der Waals surface area contributed by atoms with Crippen molar-refractivity contribution >= 4 is 22.6 Å². The minimum Gasteiger partial charge on any atom is -0.467 e. The van der Waals surface area contributed by atoms with E-state index in [9.17, 15) is 14.4 Å². The topological polar surface area (TPSA) is 103 Å². The maximum atomic E-state index is 12.9. The van der Waals surface area contributed by atoms with Crippen LogP contribution in [0.25, 0.3) is 16.5 Å². The Kier molecular flexibility index (Phi) is 5.61. The van der Waals surface area contributed by atoms with E-state index in [0.29, 0.717) is 22.2 Å². The molecular formula is C23H19N3O5. The fourth-order valence-corrected chi connectivity index (χ4v) is 3.09. The first kappa shape index (κ1) is 20.1. The summed E-state index contributed by atoms with van der Waals surface area (Å²) in [6.45, 7) is 1.64. The summed E-state index contributed by atoms with van der Waals surface area (Å²) in [5.41, 5.74) is 0.101. The van der Waals surface area contributed by atoms with Gasteiger partial charge in [-0.3, -0.25) is 9.59 Å². The zero-order valence-electron chi connectivity index (χ0n) is 16.6. The summed E-state index contributed by atoms with van der Waals surface area (Å²) < 4.78 is 11.7. The van der Waals surface area contributed by atoms with Gasteiger partial charge in [-0.1, -0.05) is 36.4 Å². The molecule has 156 valence electrons. The lowest BCUT2D eigenvalue weighted by Crippen LogP contribution is -2.36. The molecule has 0 saturated carbocycles. The van der Waals surface area contributed by atoms with Crippen molar-refractivity contribution in [2.24, 2.45) is 0 Å². The summed E-state index contributed by atoms with van der Waals surface area (Å²) in [5, 5.41) is 7.57. The Hall–Kier alpha value is -4.20. The second-order valence-electron chi connectivity index (χ2n) is 6.79. The first-order chi connectivity index (χ1) is 15.0. The quantitative estimate of drug-likeness (QED) is 0.484. The number of nitrogens with one attached hydrogen (secondary N) is 1. The Bertz CT molecular complexity index is 1280. The number of hydrogen-bond acceptors (Lipinski definition) is 6. The highest BCUT2D eigenvalue weighted by Crippen LogP contribution is 2.17. The molecule has 2 aromatic carbocycles. The molecule has 0 fully saturated rings. The predicted octanol–water partition coefficient (Wildman–Crippen LogP) is 2.84. The van der Waals surface area contributed by atoms with Crippen LogP contribution in [0.15, 0.2) is 82.2 Å². The van der Waals surface area contributed by atoms with Crippen LogP contribution < -0.4 is 10.9 Å². The van der Waals surface area contributed by atoms with Gasteiger partial charge < -0.3 is 14.5 Å². The fourth-order valence-electron chi connectivity index (χ4n) is 3.09. The number of hydrogen-bond donors (Lipinski definition) is 1. The van der Waals surface area contributed by atoms with Crippen molar-refractivity contribution in [1.82, 2.24) is 15.1 Å². The SMILES string of the molecule is C[C@H](OC(=O)c1nn(-c2ccccc2)c(=O)c2ccccc12)C(=O)NCc1ccco1. The van der Waals surface area contributed by atoms with Crippen LogP contribution in [0.3, 0.4) is 0 Å². The Balaban J connectivity index is 1.62. The van der Waals surface area contributed by atoms with E-state index >= 15 is 0 Å². The maximum Gasteiger partial charge on any atom is 0.360 e. The molecule has 1 N–H and O–H groups in total. The molecule has 1 atom stereocenters. The number of benzene rings is 2. The molecule has 2 heterocycles. The lowest BCUT2D eigenvalue weighted by Gasteiger charge is -2.14. The summed E-state index contributed by atoms with van der Waals surface area (Å²) in [4.78, 5) is 38.1. The van der Waals surface area contributed by atoms with E-state index in [1.165, 1.54) is 13.2 Å². The van der Waals surface area contributed by atoms with Gasteiger partial charge in [-0.15, -0.1) is 0 Å². The van der Waals surface area contributed by atoms with Crippen molar-refractivity contribution in [2.45, 2.75) is 19.6 Å². The molecule has 0 aliphatic heterocycles. The number of furan rings is 1. The van der Waals surface area contributed by atoms with Gasteiger partial charge in [0, 0.05) is 5.39 Å². The van der Waals surface area contributed by atoms with Crippen LogP contribution >= 0.6 is 0 Å². The molecule has 0 radical (unpaired) electrons. The lowest BCUT2D eigenvalue weighted by atomic mass is 10.1. The van der Waals surface area contributed by atoms with Crippen LogP contribution in [0.2, 0.25) is 0 Å². The highest BCUT2D eigenvalue weighted by molar-refractivity contribution is 6.03. The van der Waals surface area contributed by atoms with Crippen LogP contribution in [0.4, 0.5) is 0 Å². The Morgan fingerprint density at radius 3 is 2.45 bits per heavy atom. The average molecular weight is 417 g/mol. The van der Waals surface area contributed by atoms with Crippen molar-refractivity contribution in [1.29, 1.82) is 0 Å². The van der Waals surface area contributed by atoms with Gasteiger partial charge in [-0.05, 0) is 37.3 Å². The molecule has 0 bridgehead atoms. The Labute approximate surface area is 177 Å². The number of amides is 1. The third-order valence-corrected chi connectivity index (χ3v) is 4.67. The van der Waals surface area contributed by atoms with E-state index in [1.54, 1.807) is 60.7 Å². The minimum atomic E-state index is -1.07. The number of carbonyl (C=O) groups is 2. The number of fused-ring (bicyclic) bond motifs is 1. The first-order valence-corrected chi connectivity index (χ1v) is 9.63. The zero-order valence-corrected chi connectivity index (χ0v) is 16.6. The summed E-state index contributed by atoms with van der Waals surface area (Å²) >= 11 is 0. The summed E-state index contributed by atoms with van der Waals surface area (Å²) in [5.74, 6) is -0.707. The Morgan fingerprint density at radius 2 is 1.74 bits per heavy atom. The van der Waals surface area contributed by atoms with Crippen molar-refractivity contribution in [3.05, 3.63) is 94.8 Å². The second-order valence-corrected chi connectivity index (χ2v) is 6.79. The van der Waals surface area contributed by atoms with Crippen LogP contribution in [0.5, 0.6) is 0 Å². The maximum absolute atomic E-state index is 12.9. The van der Waals surface area contributed by atoms with Gasteiger partial charge in [-0.2, -0.15) is 9.78 Å². The molecule has 0 aliphatic carbocycles. The molecule has 0 saturated heterocycles. The molecule has 0 spiro atoms. The number of carbonyl (C=O) groups excluding carboxylic acids is 2. The van der Waals surface area contributed by atoms with Gasteiger partial charge in [-0.25, -0.2) is 4.79 Å². The number of aromatic nitrogens is 2. The predicted molar refractivity (Wildman–Crippen MR) is 113 cm³/mol. The van der Waals surface area contributed by atoms with Crippen LogP contribution in [0.1, 0.15) is 23.2 Å². The van der Waals surface area contributed by atoms with Crippen LogP contribution in [-0.4, -0.2) is 27.8 Å². The zero-order chi connectivity index (χ0) is 21.8. The van der Waals surface area contributed by atoms with Gasteiger partial charge in [0.15, 0.2) is 11.8 Å². The third-order valence-electron chi connectivity index (χ3n) is 4.67. The number of ether oxygens (including phenoxy) is 1. The molecule has 4 aromatic rings. The summed E-state index contributed by atoms with van der Waals surface area (Å²) in [6, 6.07) is 18.9. The van der Waals surface area contributed by atoms with Crippen molar-refractivity contribution in [3.63, 3.8) is 0 Å². The van der Waals surface area contributed by atoms with Gasteiger partial charge in [0.1, 0.15) is 5.76 Å². The van der Waals surface area contributed by atoms with E-state index in [1.807, 2.05) is 6.07 Å². The molecule has 8 nitrogen and oxygen atoms in total. The normalized spacial score (nSPS) is 11.8. The first-order valence-electron chi connectivity index (χ1n) is 9.63. The molecule has 0 unspecified atom stereocenters. The standard InChI is InChI=1S/C23H19N3O5/c1-15(21(27)24-14-17-10-7-13-30-17)31-23(29)20-18-11-5-6-12-19(18)22(28)26(25-20)16-8-3-2-4-9-16/h2-13,15H,14H2,1H3,(H,24,27)/t15-/m0/s1. The number of esters is 1. The van der Waals surface area contributed by atoms with Gasteiger partial charge >= 0.3 is 5.97 Å². The second kappa shape index (κ2) is 8.66. The minimum absolute atomic E-state index is 0.0512. The number of rotatable bonds is 6. The molecular weight excluding hydrogens is 398 g/mol. The van der Waals surface area contributed by atoms with Crippen molar-refractivity contribution in [2.75, 3.05) is 0 Å². The number of para-hydroxylation sites is 1. The summed E-state index contributed by atoms with van der Waals surface area (Å²) in [7, 11) is 0. The molecule has 1 amide bonds. The van der Waals surface area contributed by atoms with Crippen molar-refractivity contribution in [3.8, 4) is 5.69 Å². The third kappa shape index (κ3) is 4.23. The average Bonchev–Trinajstić information content (AvgIpc) is 3.32. The fraction of sp³-hybridized carbons (Fsp3) is 0.130. The van der Waals surface area contributed by atoms with E-state index < -0.39 is 18.0 Å². The van der Waals surface area contributed by atoms with E-state index in [0.717, 1.165) is 4.68 Å². The van der Waals surface area contributed by atoms with E-state index in [-0.39, 0.29) is 17.8 Å². The van der Waals surface area contributed by atoms with Gasteiger partial charge in [0.25, 0.3) is 11.5 Å². The molecule has 0 aliphatic rings. The summed E-state index contributed by atoms with van der Waals surface area (Å²) in [6.07, 6.45) is 0.434. The highest BCUT2D eigenvalue weighted by atomic mass is 16.5.